The first-order valence-electron chi connectivity index (χ1n) is 9.32. The molecule has 3 aromatic rings. The molecule has 162 valence electrons. The highest BCUT2D eigenvalue weighted by Crippen LogP contribution is 2.24. The molecule has 3 rings (SSSR count). The van der Waals surface area contributed by atoms with Crippen LogP contribution in [0.2, 0.25) is 0 Å². The largest absolute Gasteiger partial charge is 0.444 e. The summed E-state index contributed by atoms with van der Waals surface area (Å²) < 4.78 is 33.5. The first-order valence-corrected chi connectivity index (χ1v) is 9.32. The van der Waals surface area contributed by atoms with Gasteiger partial charge in [0.05, 0.1) is 17.1 Å². The van der Waals surface area contributed by atoms with E-state index in [4.69, 9.17) is 4.74 Å². The van der Waals surface area contributed by atoms with Crippen molar-refractivity contribution in [3.63, 3.8) is 0 Å². The van der Waals surface area contributed by atoms with Gasteiger partial charge < -0.3 is 10.1 Å². The molecule has 1 aromatic heterocycles. The number of hydrogen-bond donors (Lipinski definition) is 2. The SMILES string of the molecule is Cc1nc(C(=O)Nc2cc(F)ccc2NC(=O)OC(C)(C)C)nn1-c1ccc(F)cc1. The second-order valence-electron chi connectivity index (χ2n) is 7.64. The zero-order valence-electron chi connectivity index (χ0n) is 17.4. The van der Waals surface area contributed by atoms with E-state index in [0.29, 0.717) is 11.5 Å². The van der Waals surface area contributed by atoms with Crippen molar-refractivity contribution < 1.29 is 23.1 Å². The molecule has 0 atom stereocenters. The zero-order valence-corrected chi connectivity index (χ0v) is 17.4. The molecule has 0 spiro atoms. The molecule has 0 aliphatic heterocycles. The maximum Gasteiger partial charge on any atom is 0.412 e. The number of halogens is 2. The van der Waals surface area contributed by atoms with E-state index in [1.54, 1.807) is 27.7 Å². The van der Waals surface area contributed by atoms with Crippen LogP contribution < -0.4 is 10.6 Å². The Kier molecular flexibility index (Phi) is 6.00. The smallest absolute Gasteiger partial charge is 0.412 e. The average Bonchev–Trinajstić information content (AvgIpc) is 3.05. The molecule has 0 aliphatic rings. The first-order chi connectivity index (χ1) is 14.5. The lowest BCUT2D eigenvalue weighted by Gasteiger charge is -2.20. The van der Waals surface area contributed by atoms with E-state index < -0.39 is 29.2 Å². The molecule has 0 fully saturated rings. The summed E-state index contributed by atoms with van der Waals surface area (Å²) in [5, 5.41) is 9.10. The van der Waals surface area contributed by atoms with Crippen LogP contribution in [0.5, 0.6) is 0 Å². The molecule has 8 nitrogen and oxygen atoms in total. The summed E-state index contributed by atoms with van der Waals surface area (Å²) in [6.07, 6.45) is -0.760. The topological polar surface area (TPSA) is 98.1 Å². The van der Waals surface area contributed by atoms with E-state index in [1.807, 2.05) is 0 Å². The number of anilines is 2. The summed E-state index contributed by atoms with van der Waals surface area (Å²) in [5.41, 5.74) is -0.0730. The Balaban J connectivity index is 1.82. The van der Waals surface area contributed by atoms with Crippen LogP contribution in [0, 0.1) is 18.6 Å². The second kappa shape index (κ2) is 8.50. The van der Waals surface area contributed by atoms with Gasteiger partial charge in [-0.1, -0.05) is 0 Å². The first kappa shape index (κ1) is 21.9. The number of nitrogens with one attached hydrogen (secondary N) is 2. The number of benzene rings is 2. The number of rotatable bonds is 4. The summed E-state index contributed by atoms with van der Waals surface area (Å²) >= 11 is 0. The van der Waals surface area contributed by atoms with Gasteiger partial charge in [-0.25, -0.2) is 23.2 Å². The van der Waals surface area contributed by atoms with Crippen molar-refractivity contribution in [1.29, 1.82) is 0 Å². The summed E-state index contributed by atoms with van der Waals surface area (Å²) in [6, 6.07) is 8.99. The van der Waals surface area contributed by atoms with Crippen molar-refractivity contribution >= 4 is 23.4 Å². The molecule has 0 saturated carbocycles. The van der Waals surface area contributed by atoms with E-state index in [-0.39, 0.29) is 17.2 Å². The van der Waals surface area contributed by atoms with Gasteiger partial charge in [-0.15, -0.1) is 5.10 Å². The van der Waals surface area contributed by atoms with Crippen LogP contribution in [0.3, 0.4) is 0 Å². The molecule has 31 heavy (non-hydrogen) atoms. The van der Waals surface area contributed by atoms with Gasteiger partial charge in [0.2, 0.25) is 5.82 Å². The van der Waals surface area contributed by atoms with Gasteiger partial charge in [0, 0.05) is 0 Å². The Hall–Kier alpha value is -3.82. The van der Waals surface area contributed by atoms with Crippen LogP contribution in [0.4, 0.5) is 25.0 Å². The van der Waals surface area contributed by atoms with Crippen LogP contribution in [0.1, 0.15) is 37.2 Å². The third kappa shape index (κ3) is 5.62. The summed E-state index contributed by atoms with van der Waals surface area (Å²) in [6.45, 7) is 6.73. The van der Waals surface area contributed by atoms with Crippen molar-refractivity contribution in [2.24, 2.45) is 0 Å². The van der Waals surface area contributed by atoms with E-state index >= 15 is 0 Å². The summed E-state index contributed by atoms with van der Waals surface area (Å²) in [5.74, 6) is -1.54. The van der Waals surface area contributed by atoms with E-state index in [9.17, 15) is 18.4 Å². The zero-order chi connectivity index (χ0) is 22.8. The Morgan fingerprint density at radius 1 is 0.968 bits per heavy atom. The van der Waals surface area contributed by atoms with Crippen LogP contribution in [-0.2, 0) is 4.74 Å². The number of aryl methyl sites for hydroxylation is 1. The molecule has 2 N–H and O–H groups in total. The molecule has 0 saturated heterocycles. The minimum Gasteiger partial charge on any atom is -0.444 e. The molecular weight excluding hydrogens is 408 g/mol. The predicted molar refractivity (Wildman–Crippen MR) is 110 cm³/mol. The summed E-state index contributed by atoms with van der Waals surface area (Å²) in [4.78, 5) is 28.8. The van der Waals surface area contributed by atoms with Gasteiger partial charge in [-0.3, -0.25) is 10.1 Å². The molecular formula is C21H21F2N5O3. The molecule has 0 aliphatic carbocycles. The molecule has 1 heterocycles. The standard InChI is InChI=1S/C21H21F2N5O3/c1-12-24-18(27-28(12)15-8-5-13(22)6-9-15)19(29)25-17-11-14(23)7-10-16(17)26-20(30)31-21(2,3)4/h5-11H,1-4H3,(H,25,29)(H,26,30). The molecule has 0 radical (unpaired) electrons. The number of nitrogens with zero attached hydrogens (tertiary/aromatic N) is 3. The fourth-order valence-corrected chi connectivity index (χ4v) is 2.63. The van der Waals surface area contributed by atoms with Crippen LogP contribution in [0.15, 0.2) is 42.5 Å². The lowest BCUT2D eigenvalue weighted by Crippen LogP contribution is -2.27. The fraction of sp³-hybridized carbons (Fsp3) is 0.238. The van der Waals surface area contributed by atoms with Crippen LogP contribution in [0.25, 0.3) is 5.69 Å². The second-order valence-corrected chi connectivity index (χ2v) is 7.64. The van der Waals surface area contributed by atoms with Gasteiger partial charge in [0.1, 0.15) is 23.1 Å². The maximum atomic E-state index is 13.8. The molecule has 0 bridgehead atoms. The number of aromatic nitrogens is 3. The third-order valence-electron chi connectivity index (χ3n) is 3.91. The summed E-state index contributed by atoms with van der Waals surface area (Å²) in [7, 11) is 0. The van der Waals surface area contributed by atoms with Crippen molar-refractivity contribution in [3.8, 4) is 5.69 Å². The highest BCUT2D eigenvalue weighted by Gasteiger charge is 2.20. The molecule has 10 heteroatoms. The molecule has 2 amide bonds. The average molecular weight is 429 g/mol. The number of carbonyl (C=O) groups excluding carboxylic acids is 2. The quantitative estimate of drug-likeness (QED) is 0.638. The lowest BCUT2D eigenvalue weighted by atomic mass is 10.2. The van der Waals surface area contributed by atoms with Gasteiger partial charge in [-0.2, -0.15) is 0 Å². The minimum absolute atomic E-state index is 0.00615. The Labute approximate surface area is 177 Å². The van der Waals surface area contributed by atoms with Gasteiger partial charge in [0.15, 0.2) is 0 Å². The van der Waals surface area contributed by atoms with Crippen molar-refractivity contribution in [2.75, 3.05) is 10.6 Å². The fourth-order valence-electron chi connectivity index (χ4n) is 2.63. The van der Waals surface area contributed by atoms with Crippen LogP contribution in [-0.4, -0.2) is 32.4 Å². The number of hydrogen-bond acceptors (Lipinski definition) is 5. The Bertz CT molecular complexity index is 1120. The maximum absolute atomic E-state index is 13.8. The van der Waals surface area contributed by atoms with Gasteiger partial charge in [-0.05, 0) is 70.2 Å². The van der Waals surface area contributed by atoms with E-state index in [0.717, 1.165) is 12.1 Å². The van der Waals surface area contributed by atoms with Crippen LogP contribution >= 0.6 is 0 Å². The highest BCUT2D eigenvalue weighted by molar-refractivity contribution is 6.04. The third-order valence-corrected chi connectivity index (χ3v) is 3.91. The molecule has 0 unspecified atom stereocenters. The van der Waals surface area contributed by atoms with E-state index in [2.05, 4.69) is 20.7 Å². The van der Waals surface area contributed by atoms with Gasteiger partial charge >= 0.3 is 6.09 Å². The Morgan fingerprint density at radius 3 is 2.26 bits per heavy atom. The predicted octanol–water partition coefficient (Wildman–Crippen LogP) is 4.45. The number of amides is 2. The van der Waals surface area contributed by atoms with E-state index in [1.165, 1.54) is 35.0 Å². The number of carbonyl (C=O) groups is 2. The Morgan fingerprint density at radius 2 is 1.61 bits per heavy atom. The lowest BCUT2D eigenvalue weighted by molar-refractivity contribution is 0.0635. The van der Waals surface area contributed by atoms with Gasteiger partial charge in [0.25, 0.3) is 5.91 Å². The minimum atomic E-state index is -0.760. The van der Waals surface area contributed by atoms with Crippen molar-refractivity contribution in [1.82, 2.24) is 14.8 Å². The highest BCUT2D eigenvalue weighted by atomic mass is 19.1. The normalized spacial score (nSPS) is 11.2. The van der Waals surface area contributed by atoms with Crippen molar-refractivity contribution in [2.45, 2.75) is 33.3 Å². The van der Waals surface area contributed by atoms with Crippen molar-refractivity contribution in [3.05, 3.63) is 65.7 Å². The monoisotopic (exact) mass is 429 g/mol. The molecule has 2 aromatic carbocycles. The number of ether oxygens (including phenoxy) is 1.